The second kappa shape index (κ2) is 3.39. The van der Waals surface area contributed by atoms with Gasteiger partial charge in [-0.05, 0) is 12.8 Å². The predicted octanol–water partition coefficient (Wildman–Crippen LogP) is 0.972. The Labute approximate surface area is 51.8 Å². The fourth-order valence-corrected chi connectivity index (χ4v) is 0.796. The van der Waals surface area contributed by atoms with Crippen LogP contribution in [0.3, 0.4) is 0 Å². The molecule has 0 aromatic rings. The lowest BCUT2D eigenvalue weighted by molar-refractivity contribution is 0.330. The summed E-state index contributed by atoms with van der Waals surface area (Å²) >= 11 is 0. The van der Waals surface area contributed by atoms with Crippen molar-refractivity contribution in [1.29, 1.82) is 0 Å². The van der Waals surface area contributed by atoms with E-state index in [-0.39, 0.29) is 0 Å². The molecular formula is C5H11O2P. The zero-order valence-electron chi connectivity index (χ0n) is 4.80. The van der Waals surface area contributed by atoms with Crippen molar-refractivity contribution in [2.24, 2.45) is 0 Å². The van der Waals surface area contributed by atoms with E-state index in [1.165, 1.54) is 0 Å². The van der Waals surface area contributed by atoms with Crippen LogP contribution in [0.1, 0.15) is 12.8 Å². The number of ether oxygens (including phenoxy) is 1. The van der Waals surface area contributed by atoms with Crippen molar-refractivity contribution < 1.29 is 9.26 Å². The minimum absolute atomic E-state index is 0.565. The van der Waals surface area contributed by atoms with Crippen molar-refractivity contribution in [2.45, 2.75) is 18.9 Å². The first-order chi connectivity index (χ1) is 3.93. The zero-order valence-corrected chi connectivity index (χ0v) is 5.95. The summed E-state index contributed by atoms with van der Waals surface area (Å²) in [6.07, 6.45) is 2.85. The monoisotopic (exact) mass is 134 g/mol. The molecule has 1 aliphatic rings. The summed E-state index contributed by atoms with van der Waals surface area (Å²) in [6.45, 7) is 1.81. The van der Waals surface area contributed by atoms with Gasteiger partial charge in [-0.1, -0.05) is 0 Å². The van der Waals surface area contributed by atoms with Gasteiger partial charge in [-0.15, -0.1) is 0 Å². The predicted molar refractivity (Wildman–Crippen MR) is 34.6 cm³/mol. The quantitative estimate of drug-likeness (QED) is 0.324. The van der Waals surface area contributed by atoms with Crippen LogP contribution in [0.15, 0.2) is 0 Å². The normalized spacial score (nSPS) is 25.9. The maximum Gasteiger partial charge on any atom is 0.0810 e. The van der Waals surface area contributed by atoms with Crippen molar-refractivity contribution in [3.05, 3.63) is 0 Å². The van der Waals surface area contributed by atoms with Crippen LogP contribution in [0.25, 0.3) is 0 Å². The Bertz CT molecular complexity index is 63.4. The number of hydrogen-bond acceptors (Lipinski definition) is 2. The number of hydrogen-bond donors (Lipinski definition) is 0. The molecule has 0 spiro atoms. The van der Waals surface area contributed by atoms with Crippen molar-refractivity contribution in [3.8, 4) is 0 Å². The van der Waals surface area contributed by atoms with Crippen molar-refractivity contribution in [3.63, 3.8) is 0 Å². The molecule has 2 atom stereocenters. The molecule has 1 aliphatic heterocycles. The topological polar surface area (TPSA) is 21.8 Å². The SMILES string of the molecule is POCCC[C@@H]1CO1. The third kappa shape index (κ3) is 2.61. The second-order valence-electron chi connectivity index (χ2n) is 1.97. The molecule has 1 rings (SSSR count). The van der Waals surface area contributed by atoms with E-state index in [0.717, 1.165) is 26.1 Å². The standard InChI is InChI=1S/C5H11O2P/c8-7-3-1-2-5-4-6-5/h5H,1-4,8H2/t5-/m1/s1. The molecule has 0 amide bonds. The third-order valence-electron chi connectivity index (χ3n) is 1.19. The average Bonchev–Trinajstić information content (AvgIpc) is 2.51. The molecule has 0 saturated carbocycles. The molecule has 0 aromatic heterocycles. The molecule has 0 N–H and O–H groups in total. The highest BCUT2D eigenvalue weighted by molar-refractivity contribution is 7.09. The molecule has 8 heavy (non-hydrogen) atoms. The van der Waals surface area contributed by atoms with E-state index in [4.69, 9.17) is 9.26 Å². The van der Waals surface area contributed by atoms with Crippen LogP contribution in [0.2, 0.25) is 0 Å². The van der Waals surface area contributed by atoms with Crippen LogP contribution in [0.5, 0.6) is 0 Å². The van der Waals surface area contributed by atoms with Gasteiger partial charge < -0.3 is 9.26 Å². The summed E-state index contributed by atoms with van der Waals surface area (Å²) in [6, 6.07) is 0. The highest BCUT2D eigenvalue weighted by atomic mass is 31.0. The molecule has 3 heteroatoms. The summed E-state index contributed by atoms with van der Waals surface area (Å²) in [5, 5.41) is 0. The molecule has 1 saturated heterocycles. The van der Waals surface area contributed by atoms with Gasteiger partial charge in [0.15, 0.2) is 0 Å². The number of epoxide rings is 1. The van der Waals surface area contributed by atoms with E-state index in [2.05, 4.69) is 9.47 Å². The van der Waals surface area contributed by atoms with Gasteiger partial charge in [-0.3, -0.25) is 0 Å². The smallest absolute Gasteiger partial charge is 0.0810 e. The largest absolute Gasteiger partial charge is 0.373 e. The maximum atomic E-state index is 4.99. The third-order valence-corrected chi connectivity index (χ3v) is 1.43. The molecule has 1 unspecified atom stereocenters. The lowest BCUT2D eigenvalue weighted by atomic mass is 10.3. The summed E-state index contributed by atoms with van der Waals surface area (Å²) in [5.41, 5.74) is 0. The maximum absolute atomic E-state index is 4.99. The first-order valence-electron chi connectivity index (χ1n) is 2.87. The highest BCUT2D eigenvalue weighted by Crippen LogP contribution is 2.15. The van der Waals surface area contributed by atoms with Gasteiger partial charge in [-0.2, -0.15) is 0 Å². The molecule has 0 aromatic carbocycles. The van der Waals surface area contributed by atoms with Gasteiger partial charge in [0.1, 0.15) is 0 Å². The Balaban J connectivity index is 1.74. The Morgan fingerprint density at radius 2 is 2.50 bits per heavy atom. The van der Waals surface area contributed by atoms with Gasteiger partial charge in [0, 0.05) is 9.47 Å². The summed E-state index contributed by atoms with van der Waals surface area (Å²) < 4.78 is 9.77. The van der Waals surface area contributed by atoms with Crippen LogP contribution >= 0.6 is 9.47 Å². The molecule has 0 bridgehead atoms. The lowest BCUT2D eigenvalue weighted by Crippen LogP contribution is -1.88. The Morgan fingerprint density at radius 3 is 3.00 bits per heavy atom. The first-order valence-corrected chi connectivity index (χ1v) is 3.34. The Kier molecular flexibility index (Phi) is 2.74. The van der Waals surface area contributed by atoms with Gasteiger partial charge in [0.25, 0.3) is 0 Å². The van der Waals surface area contributed by atoms with Crippen molar-refractivity contribution in [1.82, 2.24) is 0 Å². The summed E-state index contributed by atoms with van der Waals surface area (Å²) in [7, 11) is 2.24. The van der Waals surface area contributed by atoms with Gasteiger partial charge in [0.05, 0.1) is 19.3 Å². The van der Waals surface area contributed by atoms with E-state index < -0.39 is 0 Å². The highest BCUT2D eigenvalue weighted by Gasteiger charge is 2.20. The van der Waals surface area contributed by atoms with E-state index in [1.807, 2.05) is 0 Å². The molecule has 0 aliphatic carbocycles. The molecule has 1 heterocycles. The minimum Gasteiger partial charge on any atom is -0.373 e. The van der Waals surface area contributed by atoms with Crippen LogP contribution in [0.4, 0.5) is 0 Å². The van der Waals surface area contributed by atoms with Crippen LogP contribution < -0.4 is 0 Å². The van der Waals surface area contributed by atoms with Crippen molar-refractivity contribution in [2.75, 3.05) is 13.2 Å². The molecule has 1 fully saturated rings. The first kappa shape index (κ1) is 6.47. The summed E-state index contributed by atoms with van der Waals surface area (Å²) in [4.78, 5) is 0. The van der Waals surface area contributed by atoms with Gasteiger partial charge >= 0.3 is 0 Å². The van der Waals surface area contributed by atoms with E-state index in [0.29, 0.717) is 6.10 Å². The van der Waals surface area contributed by atoms with Gasteiger partial charge in [0.2, 0.25) is 0 Å². The minimum atomic E-state index is 0.565. The molecular weight excluding hydrogens is 123 g/mol. The second-order valence-corrected chi connectivity index (χ2v) is 2.30. The van der Waals surface area contributed by atoms with Gasteiger partial charge in [-0.25, -0.2) is 0 Å². The van der Waals surface area contributed by atoms with Crippen LogP contribution in [-0.2, 0) is 9.26 Å². The van der Waals surface area contributed by atoms with E-state index in [1.54, 1.807) is 0 Å². The zero-order chi connectivity index (χ0) is 5.82. The van der Waals surface area contributed by atoms with E-state index >= 15 is 0 Å². The molecule has 0 radical (unpaired) electrons. The van der Waals surface area contributed by atoms with Crippen LogP contribution in [0, 0.1) is 0 Å². The fraction of sp³-hybridized carbons (Fsp3) is 1.00. The summed E-state index contributed by atoms with van der Waals surface area (Å²) in [5.74, 6) is 0. The lowest BCUT2D eigenvalue weighted by Gasteiger charge is -1.92. The fourth-order valence-electron chi connectivity index (χ4n) is 0.629. The molecule has 2 nitrogen and oxygen atoms in total. The van der Waals surface area contributed by atoms with E-state index in [9.17, 15) is 0 Å². The van der Waals surface area contributed by atoms with Crippen LogP contribution in [-0.4, -0.2) is 19.3 Å². The van der Waals surface area contributed by atoms with Crippen molar-refractivity contribution >= 4 is 9.47 Å². The Morgan fingerprint density at radius 1 is 1.75 bits per heavy atom. The molecule has 48 valence electrons. The Hall–Kier alpha value is 0.350. The average molecular weight is 134 g/mol. The number of rotatable bonds is 4.